The molecule has 1 saturated carbocycles. The fourth-order valence-electron chi connectivity index (χ4n) is 2.65. The second kappa shape index (κ2) is 5.81. The van der Waals surface area contributed by atoms with Crippen LogP contribution in [0.3, 0.4) is 0 Å². The number of nitrogens with two attached hydrogens (primary N) is 1. The minimum Gasteiger partial charge on any atom is -0.326 e. The summed E-state index contributed by atoms with van der Waals surface area (Å²) in [5.74, 6) is 0. The van der Waals surface area contributed by atoms with Crippen LogP contribution in [-0.4, -0.2) is 23.6 Å². The van der Waals surface area contributed by atoms with Crippen LogP contribution in [0.5, 0.6) is 0 Å². The standard InChI is InChI=1S/C15H25N3/c1-15(2,14-9-5-6-10-17-14)11-18-13-8-4-3-7-12(13)16/h5-6,9-10,12-13,18H,3-4,7-8,11,16H2,1-2H3. The summed E-state index contributed by atoms with van der Waals surface area (Å²) in [6, 6.07) is 6.91. The van der Waals surface area contributed by atoms with Gasteiger partial charge in [0.2, 0.25) is 0 Å². The zero-order valence-electron chi connectivity index (χ0n) is 11.5. The Bertz CT molecular complexity index is 361. The fraction of sp³-hybridized carbons (Fsp3) is 0.667. The van der Waals surface area contributed by atoms with E-state index in [9.17, 15) is 0 Å². The minimum absolute atomic E-state index is 0.0540. The summed E-state index contributed by atoms with van der Waals surface area (Å²) in [5, 5.41) is 3.65. The van der Waals surface area contributed by atoms with Crippen molar-refractivity contribution in [2.75, 3.05) is 6.54 Å². The van der Waals surface area contributed by atoms with Crippen LogP contribution < -0.4 is 11.1 Å². The molecule has 0 aliphatic heterocycles. The number of hydrogen-bond donors (Lipinski definition) is 2. The Balaban J connectivity index is 1.92. The summed E-state index contributed by atoms with van der Waals surface area (Å²) >= 11 is 0. The van der Waals surface area contributed by atoms with Crippen molar-refractivity contribution in [3.63, 3.8) is 0 Å². The van der Waals surface area contributed by atoms with E-state index in [1.165, 1.54) is 19.3 Å². The first kappa shape index (κ1) is 13.5. The summed E-state index contributed by atoms with van der Waals surface area (Å²) in [6.07, 6.45) is 6.81. The third-order valence-electron chi connectivity index (χ3n) is 3.98. The Morgan fingerprint density at radius 1 is 1.33 bits per heavy atom. The largest absolute Gasteiger partial charge is 0.326 e. The Morgan fingerprint density at radius 2 is 2.11 bits per heavy atom. The average molecular weight is 247 g/mol. The molecule has 2 unspecified atom stereocenters. The first-order valence-corrected chi connectivity index (χ1v) is 7.00. The average Bonchev–Trinajstić information content (AvgIpc) is 2.39. The lowest BCUT2D eigenvalue weighted by molar-refractivity contribution is 0.304. The number of aromatic nitrogens is 1. The van der Waals surface area contributed by atoms with E-state index in [2.05, 4.69) is 36.3 Å². The maximum Gasteiger partial charge on any atom is 0.0472 e. The topological polar surface area (TPSA) is 50.9 Å². The van der Waals surface area contributed by atoms with Crippen molar-refractivity contribution in [1.82, 2.24) is 10.3 Å². The molecule has 0 aromatic carbocycles. The molecule has 2 rings (SSSR count). The summed E-state index contributed by atoms with van der Waals surface area (Å²) in [5.41, 5.74) is 7.36. The first-order chi connectivity index (χ1) is 8.59. The van der Waals surface area contributed by atoms with E-state index in [-0.39, 0.29) is 5.41 Å². The van der Waals surface area contributed by atoms with E-state index in [0.29, 0.717) is 12.1 Å². The molecule has 1 heterocycles. The quantitative estimate of drug-likeness (QED) is 0.857. The van der Waals surface area contributed by atoms with Gasteiger partial charge in [-0.15, -0.1) is 0 Å². The van der Waals surface area contributed by atoms with Crippen LogP contribution in [0.2, 0.25) is 0 Å². The highest BCUT2D eigenvalue weighted by Gasteiger charge is 2.26. The van der Waals surface area contributed by atoms with Gasteiger partial charge < -0.3 is 11.1 Å². The molecular formula is C15H25N3. The maximum atomic E-state index is 6.17. The van der Waals surface area contributed by atoms with Crippen molar-refractivity contribution in [2.24, 2.45) is 5.73 Å². The van der Waals surface area contributed by atoms with Crippen molar-refractivity contribution >= 4 is 0 Å². The molecular weight excluding hydrogens is 222 g/mol. The van der Waals surface area contributed by atoms with Crippen molar-refractivity contribution in [1.29, 1.82) is 0 Å². The molecule has 0 bridgehead atoms. The summed E-state index contributed by atoms with van der Waals surface area (Å²) in [4.78, 5) is 4.46. The number of nitrogens with zero attached hydrogens (tertiary/aromatic N) is 1. The Kier molecular flexibility index (Phi) is 4.36. The lowest BCUT2D eigenvalue weighted by Crippen LogP contribution is -2.50. The van der Waals surface area contributed by atoms with Crippen molar-refractivity contribution in [3.8, 4) is 0 Å². The van der Waals surface area contributed by atoms with Gasteiger partial charge in [0.05, 0.1) is 0 Å². The van der Waals surface area contributed by atoms with Gasteiger partial charge in [-0.1, -0.05) is 32.8 Å². The Labute approximate surface area is 110 Å². The molecule has 1 aliphatic rings. The molecule has 100 valence electrons. The second-order valence-electron chi connectivity index (χ2n) is 6.03. The molecule has 0 radical (unpaired) electrons. The highest BCUT2D eigenvalue weighted by Crippen LogP contribution is 2.22. The van der Waals surface area contributed by atoms with Gasteiger partial charge in [0.1, 0.15) is 0 Å². The van der Waals surface area contributed by atoms with Gasteiger partial charge >= 0.3 is 0 Å². The van der Waals surface area contributed by atoms with Crippen LogP contribution in [0.4, 0.5) is 0 Å². The van der Waals surface area contributed by atoms with Crippen molar-refractivity contribution in [3.05, 3.63) is 30.1 Å². The fourth-order valence-corrected chi connectivity index (χ4v) is 2.65. The van der Waals surface area contributed by atoms with Gasteiger partial charge in [-0.2, -0.15) is 0 Å². The third-order valence-corrected chi connectivity index (χ3v) is 3.98. The van der Waals surface area contributed by atoms with Gasteiger partial charge in [0.25, 0.3) is 0 Å². The van der Waals surface area contributed by atoms with Crippen LogP contribution in [0, 0.1) is 0 Å². The zero-order chi connectivity index (χ0) is 13.0. The SMILES string of the molecule is CC(C)(CNC1CCCCC1N)c1ccccn1. The van der Waals surface area contributed by atoms with Crippen LogP contribution in [0.25, 0.3) is 0 Å². The van der Waals surface area contributed by atoms with E-state index in [4.69, 9.17) is 5.73 Å². The highest BCUT2D eigenvalue weighted by atomic mass is 15.0. The van der Waals surface area contributed by atoms with E-state index in [1.807, 2.05) is 12.3 Å². The molecule has 2 atom stereocenters. The number of hydrogen-bond acceptors (Lipinski definition) is 3. The van der Waals surface area contributed by atoms with Gasteiger partial charge in [0, 0.05) is 35.9 Å². The second-order valence-corrected chi connectivity index (χ2v) is 6.03. The molecule has 3 N–H and O–H groups in total. The van der Waals surface area contributed by atoms with Crippen LogP contribution in [0.1, 0.15) is 45.2 Å². The van der Waals surface area contributed by atoms with Gasteiger partial charge in [0.15, 0.2) is 0 Å². The van der Waals surface area contributed by atoms with Crippen LogP contribution >= 0.6 is 0 Å². The summed E-state index contributed by atoms with van der Waals surface area (Å²) < 4.78 is 0. The molecule has 3 heteroatoms. The molecule has 0 saturated heterocycles. The summed E-state index contributed by atoms with van der Waals surface area (Å²) in [6.45, 7) is 5.40. The van der Waals surface area contributed by atoms with Crippen molar-refractivity contribution in [2.45, 2.75) is 57.0 Å². The first-order valence-electron chi connectivity index (χ1n) is 7.00. The Hall–Kier alpha value is -0.930. The number of rotatable bonds is 4. The van der Waals surface area contributed by atoms with E-state index in [1.54, 1.807) is 0 Å². The lowest BCUT2D eigenvalue weighted by Gasteiger charge is -2.33. The minimum atomic E-state index is 0.0540. The zero-order valence-corrected chi connectivity index (χ0v) is 11.5. The van der Waals surface area contributed by atoms with Gasteiger partial charge in [-0.25, -0.2) is 0 Å². The van der Waals surface area contributed by atoms with Gasteiger partial charge in [-0.3, -0.25) is 4.98 Å². The van der Waals surface area contributed by atoms with E-state index >= 15 is 0 Å². The molecule has 18 heavy (non-hydrogen) atoms. The lowest BCUT2D eigenvalue weighted by atomic mass is 9.86. The maximum absolute atomic E-state index is 6.17. The normalized spacial score (nSPS) is 25.1. The molecule has 0 spiro atoms. The van der Waals surface area contributed by atoms with Crippen LogP contribution in [0.15, 0.2) is 24.4 Å². The van der Waals surface area contributed by atoms with Gasteiger partial charge in [-0.05, 0) is 25.0 Å². The molecule has 1 aliphatic carbocycles. The molecule has 3 nitrogen and oxygen atoms in total. The predicted molar refractivity (Wildman–Crippen MR) is 75.5 cm³/mol. The predicted octanol–water partition coefficient (Wildman–Crippen LogP) is 2.22. The Morgan fingerprint density at radius 3 is 2.78 bits per heavy atom. The molecule has 0 amide bonds. The van der Waals surface area contributed by atoms with Crippen molar-refractivity contribution < 1.29 is 0 Å². The summed E-state index contributed by atoms with van der Waals surface area (Å²) in [7, 11) is 0. The number of nitrogens with one attached hydrogen (secondary N) is 1. The highest BCUT2D eigenvalue weighted by molar-refractivity contribution is 5.15. The number of pyridine rings is 1. The molecule has 1 aromatic rings. The monoisotopic (exact) mass is 247 g/mol. The van der Waals surface area contributed by atoms with Crippen LogP contribution in [-0.2, 0) is 5.41 Å². The van der Waals surface area contributed by atoms with E-state index in [0.717, 1.165) is 18.7 Å². The molecule has 1 fully saturated rings. The van der Waals surface area contributed by atoms with E-state index < -0.39 is 0 Å². The molecule has 1 aromatic heterocycles. The smallest absolute Gasteiger partial charge is 0.0472 e. The third kappa shape index (κ3) is 3.30.